The monoisotopic (exact) mass is 783 g/mol. The van der Waals surface area contributed by atoms with Crippen LogP contribution >= 0.6 is 0 Å². The van der Waals surface area contributed by atoms with Gasteiger partial charge in [0.1, 0.15) is 29.3 Å². The Morgan fingerprint density at radius 3 is 1.74 bits per heavy atom. The number of benzene rings is 9. The SMILES string of the molecule is c1ccc(-n2c3ccccc3c3ccc4c5ccccc5n(-c5ccc(C6NC(c7cccc8ccccc78)=NC(c7ccc8oc9ccccc9c8c7)N6)cc5)c4c32)cc1. The van der Waals surface area contributed by atoms with Gasteiger partial charge in [-0.15, -0.1) is 0 Å². The minimum Gasteiger partial charge on any atom is -0.456 e. The van der Waals surface area contributed by atoms with Gasteiger partial charge in [0.2, 0.25) is 0 Å². The molecule has 0 aliphatic carbocycles. The van der Waals surface area contributed by atoms with Crippen molar-refractivity contribution in [1.29, 1.82) is 0 Å². The lowest BCUT2D eigenvalue weighted by Crippen LogP contribution is -2.45. The second-order valence-corrected chi connectivity index (χ2v) is 16.0. The van der Waals surface area contributed by atoms with Crippen LogP contribution in [0.15, 0.2) is 210 Å². The summed E-state index contributed by atoms with van der Waals surface area (Å²) in [5.74, 6) is 0.852. The third-order valence-corrected chi connectivity index (χ3v) is 12.6. The summed E-state index contributed by atoms with van der Waals surface area (Å²) in [5, 5.41) is 17.2. The Balaban J connectivity index is 0.970. The van der Waals surface area contributed by atoms with Crippen LogP contribution in [0.2, 0.25) is 0 Å². The van der Waals surface area contributed by atoms with Crippen molar-refractivity contribution in [1.82, 2.24) is 19.8 Å². The number of rotatable bonds is 5. The van der Waals surface area contributed by atoms with Gasteiger partial charge in [-0.05, 0) is 76.5 Å². The second-order valence-electron chi connectivity index (χ2n) is 16.0. The first-order valence-electron chi connectivity index (χ1n) is 20.9. The van der Waals surface area contributed by atoms with Gasteiger partial charge in [-0.1, -0.05) is 146 Å². The number of nitrogens with one attached hydrogen (secondary N) is 2. The van der Waals surface area contributed by atoms with E-state index in [4.69, 9.17) is 9.41 Å². The molecule has 0 saturated heterocycles. The molecule has 0 saturated carbocycles. The summed E-state index contributed by atoms with van der Waals surface area (Å²) in [6.07, 6.45) is -0.545. The molecule has 1 aliphatic rings. The summed E-state index contributed by atoms with van der Waals surface area (Å²) in [4.78, 5) is 5.38. The predicted molar refractivity (Wildman–Crippen MR) is 251 cm³/mol. The molecule has 288 valence electrons. The van der Waals surface area contributed by atoms with E-state index in [1.807, 2.05) is 12.1 Å². The van der Waals surface area contributed by atoms with Crippen molar-refractivity contribution in [2.45, 2.75) is 12.3 Å². The average molecular weight is 784 g/mol. The number of fused-ring (bicyclic) bond motifs is 11. The normalized spacial score (nSPS) is 15.7. The topological polar surface area (TPSA) is 59.4 Å². The highest BCUT2D eigenvalue weighted by atomic mass is 16.3. The van der Waals surface area contributed by atoms with Crippen LogP contribution in [-0.2, 0) is 0 Å². The van der Waals surface area contributed by atoms with Crippen LogP contribution in [0.5, 0.6) is 0 Å². The lowest BCUT2D eigenvalue weighted by atomic mass is 10.0. The average Bonchev–Trinajstić information content (AvgIpc) is 3.99. The Morgan fingerprint density at radius 1 is 0.426 bits per heavy atom. The standard InChI is InChI=1S/C55H37N5O/c1-2-15-37(16-3-1)59-47-22-9-6-18-40(47)43-30-31-44-41-19-7-10-23-48(41)60(52(44)51(43)59)38-28-25-35(26-29-38)53-56-54(36-27-32-50-46(33-36)42-20-8-11-24-49(42)61-50)58-55(57-53)45-21-12-14-34-13-4-5-17-39(34)45/h1-33,53-54,56H,(H,57,58). The lowest BCUT2D eigenvalue weighted by Gasteiger charge is -2.32. The van der Waals surface area contributed by atoms with Crippen molar-refractivity contribution < 1.29 is 4.42 Å². The summed E-state index contributed by atoms with van der Waals surface area (Å²) in [6.45, 7) is 0. The van der Waals surface area contributed by atoms with Crippen LogP contribution in [0.1, 0.15) is 29.0 Å². The van der Waals surface area contributed by atoms with E-state index < -0.39 is 0 Å². The Kier molecular flexibility index (Phi) is 7.41. The van der Waals surface area contributed by atoms with E-state index >= 15 is 0 Å². The van der Waals surface area contributed by atoms with Gasteiger partial charge in [0.05, 0.1) is 22.1 Å². The number of hydrogen-bond acceptors (Lipinski definition) is 4. The molecule has 3 aromatic heterocycles. The highest BCUT2D eigenvalue weighted by molar-refractivity contribution is 6.24. The molecule has 0 radical (unpaired) electrons. The van der Waals surface area contributed by atoms with Gasteiger partial charge in [0.25, 0.3) is 0 Å². The zero-order chi connectivity index (χ0) is 40.0. The largest absolute Gasteiger partial charge is 0.456 e. The molecule has 0 amide bonds. The number of amidine groups is 1. The maximum Gasteiger partial charge on any atom is 0.135 e. The molecule has 0 fully saturated rings. The van der Waals surface area contributed by atoms with Gasteiger partial charge >= 0.3 is 0 Å². The van der Waals surface area contributed by atoms with Gasteiger partial charge in [-0.2, -0.15) is 0 Å². The van der Waals surface area contributed by atoms with Crippen LogP contribution in [0.4, 0.5) is 0 Å². The Morgan fingerprint density at radius 2 is 1.00 bits per heavy atom. The van der Waals surface area contributed by atoms with Gasteiger partial charge < -0.3 is 18.9 Å². The van der Waals surface area contributed by atoms with Crippen LogP contribution in [0, 0.1) is 0 Å². The molecule has 12 aromatic rings. The zero-order valence-corrected chi connectivity index (χ0v) is 33.0. The van der Waals surface area contributed by atoms with Gasteiger partial charge in [-0.3, -0.25) is 5.32 Å². The molecule has 2 atom stereocenters. The number of nitrogens with zero attached hydrogens (tertiary/aromatic N) is 3. The Labute approximate surface area is 350 Å². The second kappa shape index (κ2) is 13.3. The summed E-state index contributed by atoms with van der Waals surface area (Å²) in [7, 11) is 0. The third kappa shape index (κ3) is 5.22. The molecule has 61 heavy (non-hydrogen) atoms. The van der Waals surface area contributed by atoms with Gasteiger partial charge in [-0.25, -0.2) is 4.99 Å². The smallest absolute Gasteiger partial charge is 0.135 e. The van der Waals surface area contributed by atoms with E-state index in [1.54, 1.807) is 0 Å². The molecule has 9 aromatic carbocycles. The lowest BCUT2D eigenvalue weighted by molar-refractivity contribution is 0.409. The van der Waals surface area contributed by atoms with E-state index in [9.17, 15) is 0 Å². The molecule has 4 heterocycles. The number of furan rings is 1. The van der Waals surface area contributed by atoms with Crippen LogP contribution in [0.25, 0.3) is 87.7 Å². The van der Waals surface area contributed by atoms with Crippen LogP contribution in [0.3, 0.4) is 0 Å². The molecule has 6 heteroatoms. The molecular formula is C55H37N5O. The van der Waals surface area contributed by atoms with E-state index in [0.29, 0.717) is 0 Å². The van der Waals surface area contributed by atoms with Gasteiger partial charge in [0.15, 0.2) is 0 Å². The van der Waals surface area contributed by atoms with Crippen LogP contribution < -0.4 is 10.6 Å². The molecule has 2 N–H and O–H groups in total. The van der Waals surface area contributed by atoms with Crippen LogP contribution in [-0.4, -0.2) is 15.0 Å². The van der Waals surface area contributed by atoms with E-state index in [1.165, 1.54) is 49.0 Å². The quantitative estimate of drug-likeness (QED) is 0.183. The van der Waals surface area contributed by atoms with Crippen molar-refractivity contribution >= 4 is 82.2 Å². The van der Waals surface area contributed by atoms with Crippen molar-refractivity contribution in [2.24, 2.45) is 4.99 Å². The summed E-state index contributed by atoms with van der Waals surface area (Å²) < 4.78 is 11.1. The Hall–Kier alpha value is -7.93. The highest BCUT2D eigenvalue weighted by Gasteiger charge is 2.28. The van der Waals surface area contributed by atoms with Crippen molar-refractivity contribution in [3.63, 3.8) is 0 Å². The molecule has 0 spiro atoms. The number of aliphatic imine (C=N–C) groups is 1. The summed E-state index contributed by atoms with van der Waals surface area (Å²) in [6, 6.07) is 71.6. The summed E-state index contributed by atoms with van der Waals surface area (Å²) in [5.41, 5.74) is 12.0. The number of aromatic nitrogens is 2. The maximum absolute atomic E-state index is 6.22. The fourth-order valence-corrected chi connectivity index (χ4v) is 9.81. The fraction of sp³-hybridized carbons (Fsp3) is 0.0364. The fourth-order valence-electron chi connectivity index (χ4n) is 9.81. The molecule has 6 nitrogen and oxygen atoms in total. The van der Waals surface area contributed by atoms with Gasteiger partial charge in [0, 0.05) is 49.3 Å². The molecule has 2 unspecified atom stereocenters. The predicted octanol–water partition coefficient (Wildman–Crippen LogP) is 13.3. The minimum atomic E-state index is -0.316. The summed E-state index contributed by atoms with van der Waals surface area (Å²) >= 11 is 0. The molecular weight excluding hydrogens is 747 g/mol. The molecule has 13 rings (SSSR count). The first-order chi connectivity index (χ1) is 30.2. The first-order valence-corrected chi connectivity index (χ1v) is 20.9. The maximum atomic E-state index is 6.22. The third-order valence-electron chi connectivity index (χ3n) is 12.6. The van der Waals surface area contributed by atoms with E-state index in [0.717, 1.165) is 61.2 Å². The first kappa shape index (κ1) is 34.0. The molecule has 1 aliphatic heterocycles. The van der Waals surface area contributed by atoms with Crippen molar-refractivity contribution in [3.8, 4) is 11.4 Å². The minimum absolute atomic E-state index is 0.229. The zero-order valence-electron chi connectivity index (χ0n) is 33.0. The van der Waals surface area contributed by atoms with E-state index in [-0.39, 0.29) is 12.3 Å². The van der Waals surface area contributed by atoms with Crippen molar-refractivity contribution in [3.05, 3.63) is 217 Å². The number of para-hydroxylation sites is 4. The highest BCUT2D eigenvalue weighted by Crippen LogP contribution is 2.42. The van der Waals surface area contributed by atoms with E-state index in [2.05, 4.69) is 208 Å². The van der Waals surface area contributed by atoms with Crippen molar-refractivity contribution in [2.75, 3.05) is 0 Å². The Bertz CT molecular complexity index is 3720. The number of hydrogen-bond donors (Lipinski definition) is 2. The molecule has 0 bridgehead atoms.